The summed E-state index contributed by atoms with van der Waals surface area (Å²) in [5.41, 5.74) is 5.86. The van der Waals surface area contributed by atoms with Crippen molar-refractivity contribution in [3.8, 4) is 16.9 Å². The third-order valence-electron chi connectivity index (χ3n) is 4.20. The fraction of sp³-hybridized carbons (Fsp3) is 0.333. The third-order valence-corrected chi connectivity index (χ3v) is 4.20. The molecule has 14 heteroatoms. The van der Waals surface area contributed by atoms with Gasteiger partial charge in [-0.3, -0.25) is 4.68 Å². The predicted octanol–water partition coefficient (Wildman–Crippen LogP) is 3.51. The highest BCUT2D eigenvalue weighted by Crippen LogP contribution is 2.35. The maximum atomic E-state index is 13.0. The van der Waals surface area contributed by atoms with Gasteiger partial charge < -0.3 is 21.1 Å². The summed E-state index contributed by atoms with van der Waals surface area (Å²) in [6, 6.07) is 2.19. The van der Waals surface area contributed by atoms with Crippen LogP contribution in [0.5, 0.6) is 5.75 Å². The molecular formula is C18H19F5N8O. The van der Waals surface area contributed by atoms with Gasteiger partial charge >= 0.3 is 6.36 Å². The van der Waals surface area contributed by atoms with Crippen LogP contribution in [0.2, 0.25) is 0 Å². The Morgan fingerprint density at radius 2 is 1.91 bits per heavy atom. The summed E-state index contributed by atoms with van der Waals surface area (Å²) in [5, 5.41) is 9.70. The topological polar surface area (TPSA) is 116 Å². The number of nitrogens with two attached hydrogens (primary N) is 1. The number of nitrogen functional groups attached to an aromatic ring is 1. The van der Waals surface area contributed by atoms with E-state index < -0.39 is 24.4 Å². The number of halogens is 5. The molecule has 0 amide bonds. The molecule has 3 aromatic rings. The lowest BCUT2D eigenvalue weighted by atomic mass is 10.1. The van der Waals surface area contributed by atoms with Crippen molar-refractivity contribution in [3.63, 3.8) is 0 Å². The number of rotatable bonds is 8. The summed E-state index contributed by atoms with van der Waals surface area (Å²) >= 11 is 0. The standard InChI is InChI=1S/C18H19F5N8O/c1-9(25-2)7-31-8-10(5-27-31)11-6-26-14(3-12(11)32-18(21,22)23)29-15-4-13(24)28-17(30-15)16(19)20/h3-6,8-9,16,25H,7H2,1-2H3,(H3,24,26,28,29,30). The largest absolute Gasteiger partial charge is 0.573 e. The van der Waals surface area contributed by atoms with Gasteiger partial charge in [-0.1, -0.05) is 0 Å². The molecule has 0 spiro atoms. The van der Waals surface area contributed by atoms with Crippen LogP contribution in [-0.4, -0.2) is 44.2 Å². The van der Waals surface area contributed by atoms with Gasteiger partial charge in [-0.2, -0.15) is 5.10 Å². The first-order valence-corrected chi connectivity index (χ1v) is 9.19. The minimum atomic E-state index is -4.98. The first-order chi connectivity index (χ1) is 15.0. The van der Waals surface area contributed by atoms with E-state index in [0.717, 1.165) is 18.3 Å². The van der Waals surface area contributed by atoms with E-state index in [9.17, 15) is 22.0 Å². The fourth-order valence-corrected chi connectivity index (χ4v) is 2.68. The van der Waals surface area contributed by atoms with Crippen LogP contribution in [0.3, 0.4) is 0 Å². The number of hydrogen-bond donors (Lipinski definition) is 3. The van der Waals surface area contributed by atoms with Gasteiger partial charge in [0.1, 0.15) is 23.2 Å². The Bertz CT molecular complexity index is 1070. The normalized spacial score (nSPS) is 12.8. The van der Waals surface area contributed by atoms with Crippen LogP contribution < -0.4 is 21.1 Å². The summed E-state index contributed by atoms with van der Waals surface area (Å²) < 4.78 is 70.5. The monoisotopic (exact) mass is 458 g/mol. The molecule has 9 nitrogen and oxygen atoms in total. The summed E-state index contributed by atoms with van der Waals surface area (Å²) in [4.78, 5) is 11.0. The molecule has 0 radical (unpaired) electrons. The summed E-state index contributed by atoms with van der Waals surface area (Å²) in [6.07, 6.45) is -3.88. The van der Waals surface area contributed by atoms with E-state index in [1.54, 1.807) is 17.9 Å². The molecule has 32 heavy (non-hydrogen) atoms. The van der Waals surface area contributed by atoms with Crippen LogP contribution in [0.25, 0.3) is 11.1 Å². The van der Waals surface area contributed by atoms with E-state index >= 15 is 0 Å². The molecule has 3 aromatic heterocycles. The van der Waals surface area contributed by atoms with Crippen molar-refractivity contribution in [1.82, 2.24) is 30.0 Å². The van der Waals surface area contributed by atoms with Gasteiger partial charge in [-0.05, 0) is 14.0 Å². The molecule has 3 heterocycles. The Kier molecular flexibility index (Phi) is 6.72. The molecule has 1 atom stereocenters. The van der Waals surface area contributed by atoms with E-state index in [1.165, 1.54) is 6.20 Å². The average molecular weight is 458 g/mol. The van der Waals surface area contributed by atoms with Gasteiger partial charge in [0.05, 0.1) is 12.7 Å². The lowest BCUT2D eigenvalue weighted by molar-refractivity contribution is -0.274. The molecule has 0 fully saturated rings. The van der Waals surface area contributed by atoms with Crippen LogP contribution in [0, 0.1) is 0 Å². The number of pyridine rings is 1. The molecule has 0 aliphatic rings. The second kappa shape index (κ2) is 9.30. The minimum absolute atomic E-state index is 0.0340. The van der Waals surface area contributed by atoms with Gasteiger partial charge in [0.25, 0.3) is 6.43 Å². The van der Waals surface area contributed by atoms with Crippen LogP contribution >= 0.6 is 0 Å². The van der Waals surface area contributed by atoms with Crippen molar-refractivity contribution in [3.05, 3.63) is 36.5 Å². The van der Waals surface area contributed by atoms with Crippen molar-refractivity contribution in [2.24, 2.45) is 0 Å². The Hall–Kier alpha value is -3.55. The van der Waals surface area contributed by atoms with Gasteiger partial charge in [0, 0.05) is 41.7 Å². The summed E-state index contributed by atoms with van der Waals surface area (Å²) in [7, 11) is 1.77. The molecule has 1 unspecified atom stereocenters. The number of alkyl halides is 5. The Morgan fingerprint density at radius 3 is 2.56 bits per heavy atom. The first-order valence-electron chi connectivity index (χ1n) is 9.19. The Morgan fingerprint density at radius 1 is 1.16 bits per heavy atom. The van der Waals surface area contributed by atoms with Gasteiger partial charge in [-0.15, -0.1) is 13.2 Å². The van der Waals surface area contributed by atoms with Crippen molar-refractivity contribution in [1.29, 1.82) is 0 Å². The van der Waals surface area contributed by atoms with Crippen molar-refractivity contribution < 1.29 is 26.7 Å². The van der Waals surface area contributed by atoms with Gasteiger partial charge in [0.2, 0.25) is 0 Å². The SMILES string of the molecule is CNC(C)Cn1cc(-c2cnc(Nc3cc(N)nc(C(F)F)n3)cc2OC(F)(F)F)cn1. The Balaban J connectivity index is 1.94. The van der Waals surface area contributed by atoms with Crippen LogP contribution in [0.15, 0.2) is 30.7 Å². The molecule has 0 saturated carbocycles. The maximum absolute atomic E-state index is 13.0. The highest BCUT2D eigenvalue weighted by molar-refractivity contribution is 5.71. The number of anilines is 3. The minimum Gasteiger partial charge on any atom is -0.405 e. The molecule has 0 aliphatic heterocycles. The maximum Gasteiger partial charge on any atom is 0.573 e. The van der Waals surface area contributed by atoms with E-state index in [0.29, 0.717) is 12.1 Å². The summed E-state index contributed by atoms with van der Waals surface area (Å²) in [5.74, 6) is -1.95. The molecule has 172 valence electrons. The van der Waals surface area contributed by atoms with Crippen molar-refractivity contribution in [2.45, 2.75) is 32.3 Å². The molecule has 4 N–H and O–H groups in total. The first kappa shape index (κ1) is 23.1. The molecule has 0 bridgehead atoms. The number of nitrogens with one attached hydrogen (secondary N) is 2. The predicted molar refractivity (Wildman–Crippen MR) is 105 cm³/mol. The fourth-order valence-electron chi connectivity index (χ4n) is 2.68. The lowest BCUT2D eigenvalue weighted by Crippen LogP contribution is -2.26. The van der Waals surface area contributed by atoms with Crippen LogP contribution in [0.1, 0.15) is 19.2 Å². The summed E-state index contributed by atoms with van der Waals surface area (Å²) in [6.45, 7) is 2.40. The smallest absolute Gasteiger partial charge is 0.405 e. The highest BCUT2D eigenvalue weighted by Gasteiger charge is 2.33. The molecule has 0 aliphatic carbocycles. The zero-order valence-corrected chi connectivity index (χ0v) is 16.9. The zero-order valence-electron chi connectivity index (χ0n) is 16.9. The molecule has 0 aromatic carbocycles. The van der Waals surface area contributed by atoms with E-state index in [4.69, 9.17) is 5.73 Å². The number of likely N-dealkylation sites (N-methyl/N-ethyl adjacent to an activating group) is 1. The van der Waals surface area contributed by atoms with Crippen LogP contribution in [0.4, 0.5) is 39.4 Å². The number of nitrogens with zero attached hydrogens (tertiary/aromatic N) is 5. The van der Waals surface area contributed by atoms with Crippen LogP contribution in [-0.2, 0) is 6.54 Å². The van der Waals surface area contributed by atoms with E-state index in [2.05, 4.69) is 35.4 Å². The van der Waals surface area contributed by atoms with Gasteiger partial charge in [0.15, 0.2) is 5.82 Å². The highest BCUT2D eigenvalue weighted by atomic mass is 19.4. The van der Waals surface area contributed by atoms with Gasteiger partial charge in [-0.25, -0.2) is 23.7 Å². The number of ether oxygens (including phenoxy) is 1. The lowest BCUT2D eigenvalue weighted by Gasteiger charge is -2.14. The Labute approximate surface area is 178 Å². The average Bonchev–Trinajstić information content (AvgIpc) is 3.14. The number of hydrogen-bond acceptors (Lipinski definition) is 8. The second-order valence-corrected chi connectivity index (χ2v) is 6.72. The van der Waals surface area contributed by atoms with Crippen molar-refractivity contribution in [2.75, 3.05) is 18.1 Å². The quantitative estimate of drug-likeness (QED) is 0.440. The number of aromatic nitrogens is 5. The van der Waals surface area contributed by atoms with Crippen molar-refractivity contribution >= 4 is 17.5 Å². The zero-order chi connectivity index (χ0) is 23.5. The third kappa shape index (κ3) is 6.00. The molecule has 3 rings (SSSR count). The molecule has 0 saturated heterocycles. The second-order valence-electron chi connectivity index (χ2n) is 6.72. The molecular weight excluding hydrogens is 439 g/mol. The van der Waals surface area contributed by atoms with E-state index in [-0.39, 0.29) is 29.1 Å². The van der Waals surface area contributed by atoms with E-state index in [1.807, 2.05) is 6.92 Å².